The number of hydrogen-bond donors (Lipinski definition) is 2. The average Bonchev–Trinajstić information content (AvgIpc) is 2.78. The van der Waals surface area contributed by atoms with Gasteiger partial charge in [-0.15, -0.1) is 24.0 Å². The van der Waals surface area contributed by atoms with Gasteiger partial charge in [0, 0.05) is 37.6 Å². The van der Waals surface area contributed by atoms with E-state index in [9.17, 15) is 0 Å². The molecule has 0 saturated carbocycles. The molecule has 0 amide bonds. The third kappa shape index (κ3) is 8.36. The van der Waals surface area contributed by atoms with Gasteiger partial charge in [-0.2, -0.15) is 0 Å². The average molecular weight is 517 g/mol. The van der Waals surface area contributed by atoms with E-state index in [-0.39, 0.29) is 24.0 Å². The van der Waals surface area contributed by atoms with E-state index in [1.807, 2.05) is 60.8 Å². The topological polar surface area (TPSA) is 71.4 Å². The first-order chi connectivity index (χ1) is 14.3. The lowest BCUT2D eigenvalue weighted by Crippen LogP contribution is -2.38. The fourth-order valence-corrected chi connectivity index (χ4v) is 2.74. The molecule has 0 bridgehead atoms. The maximum atomic E-state index is 5.85. The maximum absolute atomic E-state index is 5.85. The van der Waals surface area contributed by atoms with Crippen molar-refractivity contribution in [3.05, 3.63) is 90.0 Å². The third-order valence-corrected chi connectivity index (χ3v) is 4.18. The smallest absolute Gasteiger partial charge is 0.191 e. The zero-order valence-electron chi connectivity index (χ0n) is 17.1. The van der Waals surface area contributed by atoms with Crippen LogP contribution in [-0.4, -0.2) is 29.0 Å². The quantitative estimate of drug-likeness (QED) is 0.256. The summed E-state index contributed by atoms with van der Waals surface area (Å²) in [7, 11) is 0. The molecule has 3 aromatic rings. The summed E-state index contributed by atoms with van der Waals surface area (Å²) >= 11 is 0. The number of halogens is 1. The number of guanidine groups is 1. The second kappa shape index (κ2) is 13.5. The molecule has 0 radical (unpaired) electrons. The molecule has 7 heteroatoms. The Balaban J connectivity index is 0.00000320. The standard InChI is InChI=1S/C23H27N5O.HI/c1-2-24-23(27-15-12-20-9-3-5-13-25-20)28-17-19-8-7-11-22(16-19)29-18-21-10-4-6-14-26-21;/h3-11,13-14,16H,2,12,15,17-18H2,1H3,(H2,24,27,28);1H. The zero-order chi connectivity index (χ0) is 20.2. The van der Waals surface area contributed by atoms with Gasteiger partial charge in [-0.3, -0.25) is 9.97 Å². The van der Waals surface area contributed by atoms with E-state index in [1.54, 1.807) is 6.20 Å². The molecule has 158 valence electrons. The van der Waals surface area contributed by atoms with Crippen LogP contribution in [0.5, 0.6) is 5.75 Å². The highest BCUT2D eigenvalue weighted by atomic mass is 127. The molecule has 0 spiro atoms. The highest BCUT2D eigenvalue weighted by Gasteiger charge is 2.01. The maximum Gasteiger partial charge on any atom is 0.191 e. The summed E-state index contributed by atoms with van der Waals surface area (Å²) in [4.78, 5) is 13.3. The molecule has 0 aliphatic heterocycles. The van der Waals surface area contributed by atoms with Gasteiger partial charge in [0.05, 0.1) is 12.2 Å². The van der Waals surface area contributed by atoms with E-state index < -0.39 is 0 Å². The Morgan fingerprint density at radius 1 is 0.933 bits per heavy atom. The summed E-state index contributed by atoms with van der Waals surface area (Å²) in [5.74, 6) is 1.61. The van der Waals surface area contributed by atoms with Crippen LogP contribution in [0.3, 0.4) is 0 Å². The SMILES string of the molecule is CCNC(=NCc1cccc(OCc2ccccn2)c1)NCCc1ccccn1.I. The lowest BCUT2D eigenvalue weighted by atomic mass is 10.2. The van der Waals surface area contributed by atoms with Crippen LogP contribution in [0, 0.1) is 0 Å². The Morgan fingerprint density at radius 2 is 1.70 bits per heavy atom. The second-order valence-corrected chi connectivity index (χ2v) is 6.45. The predicted octanol–water partition coefficient (Wildman–Crippen LogP) is 3.97. The van der Waals surface area contributed by atoms with Crippen molar-refractivity contribution in [3.63, 3.8) is 0 Å². The Morgan fingerprint density at radius 3 is 2.40 bits per heavy atom. The molecule has 0 aliphatic rings. The van der Waals surface area contributed by atoms with Crippen molar-refractivity contribution < 1.29 is 4.74 Å². The van der Waals surface area contributed by atoms with Crippen molar-refractivity contribution in [3.8, 4) is 5.75 Å². The number of ether oxygens (including phenoxy) is 1. The number of aromatic nitrogens is 2. The summed E-state index contributed by atoms with van der Waals surface area (Å²) in [5.41, 5.74) is 3.06. The van der Waals surface area contributed by atoms with Gasteiger partial charge >= 0.3 is 0 Å². The number of nitrogens with zero attached hydrogens (tertiary/aromatic N) is 3. The molecule has 1 aromatic carbocycles. The van der Waals surface area contributed by atoms with Crippen molar-refractivity contribution in [1.29, 1.82) is 0 Å². The molecule has 0 atom stereocenters. The second-order valence-electron chi connectivity index (χ2n) is 6.45. The number of rotatable bonds is 9. The van der Waals surface area contributed by atoms with Crippen LogP contribution in [0.4, 0.5) is 0 Å². The van der Waals surface area contributed by atoms with Crippen LogP contribution < -0.4 is 15.4 Å². The van der Waals surface area contributed by atoms with E-state index in [2.05, 4.69) is 38.6 Å². The van der Waals surface area contributed by atoms with Gasteiger partial charge in [-0.25, -0.2) is 4.99 Å². The Kier molecular flexibility index (Phi) is 10.6. The van der Waals surface area contributed by atoms with Gasteiger partial charge in [-0.1, -0.05) is 24.3 Å². The van der Waals surface area contributed by atoms with Gasteiger partial charge in [0.2, 0.25) is 0 Å². The number of aliphatic imine (C=N–C) groups is 1. The van der Waals surface area contributed by atoms with Crippen LogP contribution in [-0.2, 0) is 19.6 Å². The lowest BCUT2D eigenvalue weighted by Gasteiger charge is -2.11. The predicted molar refractivity (Wildman–Crippen MR) is 131 cm³/mol. The largest absolute Gasteiger partial charge is 0.487 e. The molecule has 2 N–H and O–H groups in total. The van der Waals surface area contributed by atoms with E-state index in [0.29, 0.717) is 13.2 Å². The fraction of sp³-hybridized carbons (Fsp3) is 0.261. The number of hydrogen-bond acceptors (Lipinski definition) is 4. The van der Waals surface area contributed by atoms with Crippen molar-refractivity contribution >= 4 is 29.9 Å². The molecule has 0 saturated heterocycles. The Hall–Kier alpha value is -2.68. The number of nitrogens with one attached hydrogen (secondary N) is 2. The van der Waals surface area contributed by atoms with Crippen molar-refractivity contribution in [2.45, 2.75) is 26.5 Å². The minimum atomic E-state index is 0. The fourth-order valence-electron chi connectivity index (χ4n) is 2.74. The van der Waals surface area contributed by atoms with E-state index in [1.165, 1.54) is 0 Å². The van der Waals surface area contributed by atoms with Crippen LogP contribution in [0.25, 0.3) is 0 Å². The van der Waals surface area contributed by atoms with Gasteiger partial charge in [0.1, 0.15) is 12.4 Å². The van der Waals surface area contributed by atoms with Crippen LogP contribution in [0.2, 0.25) is 0 Å². The highest BCUT2D eigenvalue weighted by Crippen LogP contribution is 2.15. The summed E-state index contributed by atoms with van der Waals surface area (Å²) in [6.07, 6.45) is 4.44. The number of benzene rings is 1. The van der Waals surface area contributed by atoms with Crippen LogP contribution in [0.1, 0.15) is 23.9 Å². The third-order valence-electron chi connectivity index (χ3n) is 4.18. The lowest BCUT2D eigenvalue weighted by molar-refractivity contribution is 0.301. The molecule has 6 nitrogen and oxygen atoms in total. The van der Waals surface area contributed by atoms with Gasteiger partial charge in [0.25, 0.3) is 0 Å². The van der Waals surface area contributed by atoms with Crippen LogP contribution >= 0.6 is 24.0 Å². The summed E-state index contributed by atoms with van der Waals surface area (Å²) in [6, 6.07) is 19.8. The molecule has 3 rings (SSSR count). The van der Waals surface area contributed by atoms with Crippen molar-refractivity contribution in [2.24, 2.45) is 4.99 Å². The minimum Gasteiger partial charge on any atom is -0.487 e. The van der Waals surface area contributed by atoms with E-state index in [0.717, 1.165) is 48.2 Å². The molecular weight excluding hydrogens is 489 g/mol. The van der Waals surface area contributed by atoms with Gasteiger partial charge in [-0.05, 0) is 48.9 Å². The van der Waals surface area contributed by atoms with Gasteiger partial charge < -0.3 is 15.4 Å². The molecule has 2 heterocycles. The van der Waals surface area contributed by atoms with E-state index in [4.69, 9.17) is 4.74 Å². The number of pyridine rings is 2. The molecule has 2 aromatic heterocycles. The van der Waals surface area contributed by atoms with E-state index >= 15 is 0 Å². The Bertz CT molecular complexity index is 890. The molecule has 30 heavy (non-hydrogen) atoms. The molecule has 0 unspecified atom stereocenters. The molecular formula is C23H28IN5O. The summed E-state index contributed by atoms with van der Waals surface area (Å²) in [6.45, 7) is 4.66. The summed E-state index contributed by atoms with van der Waals surface area (Å²) in [5, 5.41) is 6.64. The van der Waals surface area contributed by atoms with Crippen molar-refractivity contribution in [1.82, 2.24) is 20.6 Å². The van der Waals surface area contributed by atoms with Crippen LogP contribution in [0.15, 0.2) is 78.0 Å². The van der Waals surface area contributed by atoms with Crippen molar-refractivity contribution in [2.75, 3.05) is 13.1 Å². The molecule has 0 aliphatic carbocycles. The monoisotopic (exact) mass is 517 g/mol. The molecule has 0 fully saturated rings. The summed E-state index contributed by atoms with van der Waals surface area (Å²) < 4.78 is 5.85. The highest BCUT2D eigenvalue weighted by molar-refractivity contribution is 14.0. The zero-order valence-corrected chi connectivity index (χ0v) is 19.5. The first-order valence-corrected chi connectivity index (χ1v) is 9.87. The van der Waals surface area contributed by atoms with Gasteiger partial charge in [0.15, 0.2) is 5.96 Å². The first-order valence-electron chi connectivity index (χ1n) is 9.87. The first kappa shape index (κ1) is 23.6. The normalized spacial score (nSPS) is 10.8. The Labute approximate surface area is 195 Å². The minimum absolute atomic E-state index is 0.